The summed E-state index contributed by atoms with van der Waals surface area (Å²) in [5.74, 6) is 0.206. The predicted molar refractivity (Wildman–Crippen MR) is 106 cm³/mol. The summed E-state index contributed by atoms with van der Waals surface area (Å²) in [4.78, 5) is 29.4. The second-order valence-corrected chi connectivity index (χ2v) is 7.87. The van der Waals surface area contributed by atoms with Crippen LogP contribution in [0.5, 0.6) is 0 Å². The lowest BCUT2D eigenvalue weighted by atomic mass is 9.87. The van der Waals surface area contributed by atoms with Gasteiger partial charge >= 0.3 is 5.97 Å². The van der Waals surface area contributed by atoms with Gasteiger partial charge in [0.25, 0.3) is 5.91 Å². The zero-order valence-corrected chi connectivity index (χ0v) is 16.3. The smallest absolute Gasteiger partial charge is 0.339 e. The first-order valence-electron chi connectivity index (χ1n) is 9.80. The molecule has 0 atom stereocenters. The minimum atomic E-state index is -0.483. The van der Waals surface area contributed by atoms with Crippen molar-refractivity contribution in [1.82, 2.24) is 10.3 Å². The number of carbonyl (C=O) groups excluding carboxylic acids is 2. The van der Waals surface area contributed by atoms with Crippen LogP contribution in [-0.2, 0) is 9.53 Å². The Kier molecular flexibility index (Phi) is 6.09. The van der Waals surface area contributed by atoms with E-state index in [1.807, 2.05) is 38.1 Å². The van der Waals surface area contributed by atoms with E-state index in [1.54, 1.807) is 6.07 Å². The molecule has 0 unspecified atom stereocenters. The van der Waals surface area contributed by atoms with Crippen LogP contribution in [0.15, 0.2) is 30.3 Å². The number of fused-ring (bicyclic) bond motifs is 1. The van der Waals surface area contributed by atoms with Gasteiger partial charge in [0.05, 0.1) is 11.1 Å². The predicted octanol–water partition coefficient (Wildman–Crippen LogP) is 4.21. The van der Waals surface area contributed by atoms with Crippen LogP contribution in [0.4, 0.5) is 0 Å². The Labute approximate surface area is 160 Å². The van der Waals surface area contributed by atoms with Crippen molar-refractivity contribution in [2.45, 2.75) is 58.4 Å². The van der Waals surface area contributed by atoms with Gasteiger partial charge in [-0.15, -0.1) is 0 Å². The maximum Gasteiger partial charge on any atom is 0.339 e. The van der Waals surface area contributed by atoms with Crippen LogP contribution < -0.4 is 5.32 Å². The molecule has 0 spiro atoms. The number of amides is 1. The monoisotopic (exact) mass is 368 g/mol. The number of esters is 1. The SMILES string of the molecule is CC1CCC(NC(=O)COC(=O)c2cc(C(C)C)nc3ccccc23)CC1. The number of aromatic nitrogens is 1. The molecule has 0 bridgehead atoms. The summed E-state index contributed by atoms with van der Waals surface area (Å²) in [6, 6.07) is 9.47. The molecule has 3 rings (SSSR count). The van der Waals surface area contributed by atoms with E-state index in [-0.39, 0.29) is 24.5 Å². The molecule has 5 nitrogen and oxygen atoms in total. The van der Waals surface area contributed by atoms with Crippen LogP contribution in [0, 0.1) is 5.92 Å². The van der Waals surface area contributed by atoms with Crippen LogP contribution in [-0.4, -0.2) is 29.5 Å². The van der Waals surface area contributed by atoms with Gasteiger partial charge in [-0.2, -0.15) is 0 Å². The number of para-hydroxylation sites is 1. The molecular formula is C22H28N2O3. The number of carbonyl (C=O) groups is 2. The quantitative estimate of drug-likeness (QED) is 0.803. The van der Waals surface area contributed by atoms with Gasteiger partial charge < -0.3 is 10.1 Å². The van der Waals surface area contributed by atoms with Gasteiger partial charge in [0.2, 0.25) is 0 Å². The van der Waals surface area contributed by atoms with Crippen molar-refractivity contribution in [3.63, 3.8) is 0 Å². The topological polar surface area (TPSA) is 68.3 Å². The van der Waals surface area contributed by atoms with Crippen LogP contribution in [0.25, 0.3) is 10.9 Å². The third-order valence-corrected chi connectivity index (χ3v) is 5.26. The second-order valence-electron chi connectivity index (χ2n) is 7.87. The summed E-state index contributed by atoms with van der Waals surface area (Å²) in [6.45, 7) is 6.05. The molecule has 1 aliphatic carbocycles. The number of hydrogen-bond donors (Lipinski definition) is 1. The molecule has 144 valence electrons. The highest BCUT2D eigenvalue weighted by atomic mass is 16.5. The number of rotatable bonds is 5. The number of pyridine rings is 1. The molecule has 0 aliphatic heterocycles. The molecule has 1 aromatic carbocycles. The Morgan fingerprint density at radius 1 is 1.19 bits per heavy atom. The first-order chi connectivity index (χ1) is 12.9. The van der Waals surface area contributed by atoms with Crippen molar-refractivity contribution in [2.75, 3.05) is 6.61 Å². The van der Waals surface area contributed by atoms with Gasteiger partial charge in [-0.1, -0.05) is 39.0 Å². The highest BCUT2D eigenvalue weighted by molar-refractivity contribution is 6.04. The zero-order chi connectivity index (χ0) is 19.4. The van der Waals surface area contributed by atoms with Crippen LogP contribution in [0.1, 0.15) is 68.4 Å². The first kappa shape index (κ1) is 19.3. The summed E-state index contributed by atoms with van der Waals surface area (Å²) in [7, 11) is 0. The van der Waals surface area contributed by atoms with E-state index in [2.05, 4.69) is 17.2 Å². The number of nitrogens with one attached hydrogen (secondary N) is 1. The Morgan fingerprint density at radius 2 is 1.89 bits per heavy atom. The van der Waals surface area contributed by atoms with Crippen molar-refractivity contribution in [1.29, 1.82) is 0 Å². The first-order valence-corrected chi connectivity index (χ1v) is 9.80. The molecular weight excluding hydrogens is 340 g/mol. The van der Waals surface area contributed by atoms with Gasteiger partial charge in [0.15, 0.2) is 6.61 Å². The Bertz CT molecular complexity index is 823. The number of benzene rings is 1. The average Bonchev–Trinajstić information content (AvgIpc) is 2.67. The molecule has 1 amide bonds. The summed E-state index contributed by atoms with van der Waals surface area (Å²) >= 11 is 0. The molecule has 1 aliphatic rings. The Morgan fingerprint density at radius 3 is 2.59 bits per heavy atom. The largest absolute Gasteiger partial charge is 0.452 e. The van der Waals surface area contributed by atoms with E-state index in [1.165, 1.54) is 0 Å². The number of nitrogens with zero attached hydrogens (tertiary/aromatic N) is 1. The summed E-state index contributed by atoms with van der Waals surface area (Å²) in [6.07, 6.45) is 4.25. The lowest BCUT2D eigenvalue weighted by Gasteiger charge is -2.26. The zero-order valence-electron chi connectivity index (χ0n) is 16.3. The molecule has 1 heterocycles. The third kappa shape index (κ3) is 4.85. The Balaban J connectivity index is 1.66. The maximum absolute atomic E-state index is 12.6. The highest BCUT2D eigenvalue weighted by Crippen LogP contribution is 2.24. The van der Waals surface area contributed by atoms with Crippen molar-refractivity contribution < 1.29 is 14.3 Å². The fourth-order valence-corrected chi connectivity index (χ4v) is 3.54. The van der Waals surface area contributed by atoms with Gasteiger partial charge in [0.1, 0.15) is 0 Å². The average molecular weight is 368 g/mol. The molecule has 0 saturated heterocycles. The normalized spacial score (nSPS) is 19.9. The summed E-state index contributed by atoms with van der Waals surface area (Å²) in [5.41, 5.74) is 2.06. The molecule has 1 saturated carbocycles. The minimum absolute atomic E-state index is 0.193. The molecule has 5 heteroatoms. The van der Waals surface area contributed by atoms with Crippen LogP contribution in [0.2, 0.25) is 0 Å². The lowest BCUT2D eigenvalue weighted by molar-refractivity contribution is -0.125. The van der Waals surface area contributed by atoms with Crippen LogP contribution in [0.3, 0.4) is 0 Å². The van der Waals surface area contributed by atoms with E-state index < -0.39 is 5.97 Å². The fraction of sp³-hybridized carbons (Fsp3) is 0.500. The van der Waals surface area contributed by atoms with E-state index >= 15 is 0 Å². The molecule has 0 radical (unpaired) electrons. The van der Waals surface area contributed by atoms with E-state index in [9.17, 15) is 9.59 Å². The van der Waals surface area contributed by atoms with E-state index in [4.69, 9.17) is 4.74 Å². The van der Waals surface area contributed by atoms with Gasteiger partial charge in [-0.25, -0.2) is 4.79 Å². The third-order valence-electron chi connectivity index (χ3n) is 5.26. The van der Waals surface area contributed by atoms with Crippen molar-refractivity contribution in [2.24, 2.45) is 5.92 Å². The summed E-state index contributed by atoms with van der Waals surface area (Å²) < 4.78 is 5.32. The van der Waals surface area contributed by atoms with Gasteiger partial charge in [0, 0.05) is 17.1 Å². The second kappa shape index (κ2) is 8.51. The van der Waals surface area contributed by atoms with Crippen LogP contribution >= 0.6 is 0 Å². The van der Waals surface area contributed by atoms with Crippen molar-refractivity contribution in [3.05, 3.63) is 41.6 Å². The number of ether oxygens (including phenoxy) is 1. The molecule has 27 heavy (non-hydrogen) atoms. The lowest BCUT2D eigenvalue weighted by Crippen LogP contribution is -2.39. The fourth-order valence-electron chi connectivity index (χ4n) is 3.54. The highest BCUT2D eigenvalue weighted by Gasteiger charge is 2.21. The van der Waals surface area contributed by atoms with Crippen molar-refractivity contribution >= 4 is 22.8 Å². The molecule has 1 N–H and O–H groups in total. The minimum Gasteiger partial charge on any atom is -0.452 e. The van der Waals surface area contributed by atoms with E-state index in [0.29, 0.717) is 5.56 Å². The number of hydrogen-bond acceptors (Lipinski definition) is 4. The van der Waals surface area contributed by atoms with Crippen molar-refractivity contribution in [3.8, 4) is 0 Å². The van der Waals surface area contributed by atoms with Gasteiger partial charge in [-0.05, 0) is 49.7 Å². The van der Waals surface area contributed by atoms with Gasteiger partial charge in [-0.3, -0.25) is 9.78 Å². The summed E-state index contributed by atoms with van der Waals surface area (Å²) in [5, 5.41) is 3.73. The molecule has 2 aromatic rings. The molecule has 1 fully saturated rings. The Hall–Kier alpha value is -2.43. The standard InChI is InChI=1S/C22H28N2O3/c1-14(2)20-12-18(17-6-4-5-7-19(17)24-20)22(26)27-13-21(25)23-16-10-8-15(3)9-11-16/h4-7,12,14-16H,8-11,13H2,1-3H3,(H,23,25). The maximum atomic E-state index is 12.6. The molecule has 1 aromatic heterocycles. The van der Waals surface area contributed by atoms with E-state index in [0.717, 1.165) is 48.2 Å².